The molecule has 0 bridgehead atoms. The molecule has 0 aromatic heterocycles. The Morgan fingerprint density at radius 1 is 1.14 bits per heavy atom. The SMILES string of the molecule is O=[N+]([O-])c1ccc(C(O)CN2CCN(CCO)CC2)cc1. The number of non-ortho nitro benzene ring substituents is 1. The molecule has 0 aliphatic carbocycles. The van der Waals surface area contributed by atoms with Crippen LogP contribution in [0.3, 0.4) is 0 Å². The van der Waals surface area contributed by atoms with Crippen LogP contribution in [0.15, 0.2) is 24.3 Å². The molecule has 0 radical (unpaired) electrons. The molecule has 1 aliphatic heterocycles. The highest BCUT2D eigenvalue weighted by atomic mass is 16.6. The summed E-state index contributed by atoms with van der Waals surface area (Å²) in [6, 6.07) is 6.03. The van der Waals surface area contributed by atoms with Crippen LogP contribution >= 0.6 is 0 Å². The molecule has 7 heteroatoms. The number of benzene rings is 1. The van der Waals surface area contributed by atoms with Gasteiger partial charge in [0.05, 0.1) is 17.6 Å². The molecule has 7 nitrogen and oxygen atoms in total. The molecule has 0 amide bonds. The maximum absolute atomic E-state index is 10.6. The predicted octanol–water partition coefficient (Wildman–Crippen LogP) is 0.238. The molecule has 21 heavy (non-hydrogen) atoms. The molecule has 1 aromatic rings. The average molecular weight is 295 g/mol. The first-order valence-electron chi connectivity index (χ1n) is 7.08. The second kappa shape index (κ2) is 7.46. The van der Waals surface area contributed by atoms with Crippen LogP contribution in [0.5, 0.6) is 0 Å². The average Bonchev–Trinajstić information content (AvgIpc) is 2.49. The highest BCUT2D eigenvalue weighted by Crippen LogP contribution is 2.19. The van der Waals surface area contributed by atoms with E-state index in [-0.39, 0.29) is 12.3 Å². The van der Waals surface area contributed by atoms with Crippen LogP contribution in [0.1, 0.15) is 11.7 Å². The number of hydrogen-bond acceptors (Lipinski definition) is 6. The van der Waals surface area contributed by atoms with Gasteiger partial charge in [-0.05, 0) is 17.7 Å². The van der Waals surface area contributed by atoms with Crippen molar-refractivity contribution in [3.63, 3.8) is 0 Å². The molecule has 1 unspecified atom stereocenters. The zero-order valence-electron chi connectivity index (χ0n) is 11.9. The van der Waals surface area contributed by atoms with Gasteiger partial charge in [0.25, 0.3) is 5.69 Å². The van der Waals surface area contributed by atoms with Gasteiger partial charge in [-0.2, -0.15) is 0 Å². The maximum atomic E-state index is 10.6. The van der Waals surface area contributed by atoms with Crippen LogP contribution in [-0.4, -0.2) is 70.8 Å². The molecule has 116 valence electrons. The van der Waals surface area contributed by atoms with Crippen molar-refractivity contribution >= 4 is 5.69 Å². The molecule has 1 fully saturated rings. The van der Waals surface area contributed by atoms with E-state index >= 15 is 0 Å². The quantitative estimate of drug-likeness (QED) is 0.577. The number of aliphatic hydroxyl groups excluding tert-OH is 2. The standard InChI is InChI=1S/C14H21N3O4/c18-10-9-15-5-7-16(8-6-15)11-14(19)12-1-3-13(4-2-12)17(20)21/h1-4,14,18-19H,5-11H2. The van der Waals surface area contributed by atoms with Gasteiger partial charge in [0.2, 0.25) is 0 Å². The fourth-order valence-electron chi connectivity index (χ4n) is 2.51. The number of nitrogens with zero attached hydrogens (tertiary/aromatic N) is 3. The van der Waals surface area contributed by atoms with Gasteiger partial charge in [0.1, 0.15) is 0 Å². The van der Waals surface area contributed by atoms with E-state index < -0.39 is 11.0 Å². The summed E-state index contributed by atoms with van der Waals surface area (Å²) >= 11 is 0. The van der Waals surface area contributed by atoms with E-state index in [0.29, 0.717) is 18.7 Å². The van der Waals surface area contributed by atoms with Crippen molar-refractivity contribution in [2.24, 2.45) is 0 Å². The minimum atomic E-state index is -0.643. The van der Waals surface area contributed by atoms with Gasteiger partial charge in [0, 0.05) is 51.4 Å². The molecule has 1 saturated heterocycles. The Labute approximate surface area is 123 Å². The molecule has 2 rings (SSSR count). The van der Waals surface area contributed by atoms with E-state index in [1.54, 1.807) is 12.1 Å². The lowest BCUT2D eigenvalue weighted by molar-refractivity contribution is -0.384. The highest BCUT2D eigenvalue weighted by Gasteiger charge is 2.19. The molecule has 1 aliphatic rings. The third-order valence-electron chi connectivity index (χ3n) is 3.80. The Kier molecular flexibility index (Phi) is 5.63. The van der Waals surface area contributed by atoms with Crippen LogP contribution < -0.4 is 0 Å². The fraction of sp³-hybridized carbons (Fsp3) is 0.571. The first-order chi connectivity index (χ1) is 10.1. The van der Waals surface area contributed by atoms with Crippen molar-refractivity contribution < 1.29 is 15.1 Å². The molecule has 2 N–H and O–H groups in total. The van der Waals surface area contributed by atoms with Gasteiger partial charge >= 0.3 is 0 Å². The molecular weight excluding hydrogens is 274 g/mol. The Hall–Kier alpha value is -1.54. The largest absolute Gasteiger partial charge is 0.395 e. The number of β-amino-alcohol motifs (C(OH)–C–C–N with tert-alkyl or cyclic N) is 2. The number of nitro benzene ring substituents is 1. The van der Waals surface area contributed by atoms with Gasteiger partial charge in [-0.25, -0.2) is 0 Å². The summed E-state index contributed by atoms with van der Waals surface area (Å²) < 4.78 is 0. The predicted molar refractivity (Wildman–Crippen MR) is 78.0 cm³/mol. The smallest absolute Gasteiger partial charge is 0.269 e. The van der Waals surface area contributed by atoms with Crippen molar-refractivity contribution in [1.82, 2.24) is 9.80 Å². The van der Waals surface area contributed by atoms with Gasteiger partial charge < -0.3 is 10.2 Å². The zero-order valence-corrected chi connectivity index (χ0v) is 11.9. The second-order valence-electron chi connectivity index (χ2n) is 5.23. The van der Waals surface area contributed by atoms with Gasteiger partial charge in [0.15, 0.2) is 0 Å². The summed E-state index contributed by atoms with van der Waals surface area (Å²) in [6.45, 7) is 4.85. The van der Waals surface area contributed by atoms with Crippen LogP contribution in [0, 0.1) is 10.1 Å². The Bertz CT molecular complexity index is 458. The monoisotopic (exact) mass is 295 g/mol. The van der Waals surface area contributed by atoms with Crippen LogP contribution in [0.2, 0.25) is 0 Å². The third-order valence-corrected chi connectivity index (χ3v) is 3.80. The number of piperazine rings is 1. The van der Waals surface area contributed by atoms with Gasteiger partial charge in [-0.3, -0.25) is 19.9 Å². The van der Waals surface area contributed by atoms with Gasteiger partial charge in [-0.15, -0.1) is 0 Å². The van der Waals surface area contributed by atoms with Crippen LogP contribution in [0.4, 0.5) is 5.69 Å². The number of nitro groups is 1. The lowest BCUT2D eigenvalue weighted by Crippen LogP contribution is -2.48. The Balaban J connectivity index is 1.84. The molecule has 1 heterocycles. The summed E-state index contributed by atoms with van der Waals surface area (Å²) in [4.78, 5) is 14.5. The minimum absolute atomic E-state index is 0.0311. The van der Waals surface area contributed by atoms with Crippen molar-refractivity contribution in [2.75, 3.05) is 45.9 Å². The lowest BCUT2D eigenvalue weighted by atomic mass is 10.1. The fourth-order valence-corrected chi connectivity index (χ4v) is 2.51. The zero-order chi connectivity index (χ0) is 15.2. The van der Waals surface area contributed by atoms with E-state index in [2.05, 4.69) is 9.80 Å². The number of hydrogen-bond donors (Lipinski definition) is 2. The van der Waals surface area contributed by atoms with E-state index in [0.717, 1.165) is 26.2 Å². The molecular formula is C14H21N3O4. The van der Waals surface area contributed by atoms with E-state index in [9.17, 15) is 15.2 Å². The summed E-state index contributed by atoms with van der Waals surface area (Å²) in [5, 5.41) is 29.7. The highest BCUT2D eigenvalue weighted by molar-refractivity contribution is 5.33. The van der Waals surface area contributed by atoms with Crippen molar-refractivity contribution in [1.29, 1.82) is 0 Å². The molecule has 1 aromatic carbocycles. The topological polar surface area (TPSA) is 90.1 Å². The summed E-state index contributed by atoms with van der Waals surface area (Å²) in [7, 11) is 0. The van der Waals surface area contributed by atoms with Crippen LogP contribution in [0.25, 0.3) is 0 Å². The first-order valence-corrected chi connectivity index (χ1v) is 7.08. The maximum Gasteiger partial charge on any atom is 0.269 e. The molecule has 0 spiro atoms. The first kappa shape index (κ1) is 15.8. The van der Waals surface area contributed by atoms with E-state index in [1.165, 1.54) is 12.1 Å². The summed E-state index contributed by atoms with van der Waals surface area (Å²) in [6.07, 6.45) is -0.643. The van der Waals surface area contributed by atoms with E-state index in [4.69, 9.17) is 5.11 Å². The lowest BCUT2D eigenvalue weighted by Gasteiger charge is -2.35. The van der Waals surface area contributed by atoms with Crippen molar-refractivity contribution in [3.8, 4) is 0 Å². The van der Waals surface area contributed by atoms with Gasteiger partial charge in [-0.1, -0.05) is 0 Å². The van der Waals surface area contributed by atoms with Crippen molar-refractivity contribution in [2.45, 2.75) is 6.10 Å². The van der Waals surface area contributed by atoms with Crippen LogP contribution in [-0.2, 0) is 0 Å². The second-order valence-corrected chi connectivity index (χ2v) is 5.23. The molecule has 0 saturated carbocycles. The third kappa shape index (κ3) is 4.47. The summed E-state index contributed by atoms with van der Waals surface area (Å²) in [5.74, 6) is 0. The Morgan fingerprint density at radius 3 is 2.24 bits per heavy atom. The normalized spacial score (nSPS) is 18.6. The Morgan fingerprint density at radius 2 is 1.71 bits per heavy atom. The number of aliphatic hydroxyl groups is 2. The summed E-state index contributed by atoms with van der Waals surface area (Å²) in [5.41, 5.74) is 0.724. The molecule has 1 atom stereocenters. The van der Waals surface area contributed by atoms with Crippen molar-refractivity contribution in [3.05, 3.63) is 39.9 Å². The van der Waals surface area contributed by atoms with E-state index in [1.807, 2.05) is 0 Å². The minimum Gasteiger partial charge on any atom is -0.395 e. The number of rotatable bonds is 6.